The monoisotopic (exact) mass is 446 g/mol. The molecule has 0 fully saturated rings. The summed E-state index contributed by atoms with van der Waals surface area (Å²) in [7, 11) is 0. The van der Waals surface area contributed by atoms with Crippen molar-refractivity contribution in [2.24, 2.45) is 0 Å². The molecule has 32 heavy (non-hydrogen) atoms. The molecule has 0 aliphatic carbocycles. The molecular formula is C25H23ClN4O2. The highest BCUT2D eigenvalue weighted by Gasteiger charge is 2.11. The third-order valence-corrected chi connectivity index (χ3v) is 5.55. The Morgan fingerprint density at radius 2 is 1.81 bits per heavy atom. The predicted molar refractivity (Wildman–Crippen MR) is 129 cm³/mol. The SMILES string of the molecule is CCNC(=O)Nc1ccc2nc(C)n(Cc3ccc(-c4ccccc4Cl)cc3)c(=O)c2c1. The third kappa shape index (κ3) is 4.50. The van der Waals surface area contributed by atoms with Crippen molar-refractivity contribution >= 4 is 34.2 Å². The van der Waals surface area contributed by atoms with Crippen LogP contribution in [0, 0.1) is 6.92 Å². The van der Waals surface area contributed by atoms with Gasteiger partial charge in [0.1, 0.15) is 5.82 Å². The molecule has 4 rings (SSSR count). The lowest BCUT2D eigenvalue weighted by Crippen LogP contribution is -2.28. The van der Waals surface area contributed by atoms with Gasteiger partial charge in [0, 0.05) is 22.8 Å². The van der Waals surface area contributed by atoms with Gasteiger partial charge in [-0.25, -0.2) is 9.78 Å². The number of nitrogens with zero attached hydrogens (tertiary/aromatic N) is 2. The maximum absolute atomic E-state index is 13.2. The van der Waals surface area contributed by atoms with Crippen LogP contribution in [0.3, 0.4) is 0 Å². The minimum absolute atomic E-state index is 0.151. The lowest BCUT2D eigenvalue weighted by molar-refractivity contribution is 0.252. The second-order valence-electron chi connectivity index (χ2n) is 7.44. The van der Waals surface area contributed by atoms with Crippen LogP contribution in [0.1, 0.15) is 18.3 Å². The molecular weight excluding hydrogens is 424 g/mol. The lowest BCUT2D eigenvalue weighted by Gasteiger charge is -2.13. The van der Waals surface area contributed by atoms with E-state index in [9.17, 15) is 9.59 Å². The van der Waals surface area contributed by atoms with E-state index in [1.54, 1.807) is 22.8 Å². The van der Waals surface area contributed by atoms with Crippen LogP contribution < -0.4 is 16.2 Å². The van der Waals surface area contributed by atoms with E-state index in [2.05, 4.69) is 15.6 Å². The predicted octanol–water partition coefficient (Wildman–Crippen LogP) is 5.22. The van der Waals surface area contributed by atoms with Gasteiger partial charge in [-0.1, -0.05) is 54.1 Å². The van der Waals surface area contributed by atoms with E-state index >= 15 is 0 Å². The number of aromatic nitrogens is 2. The zero-order valence-corrected chi connectivity index (χ0v) is 18.6. The number of nitrogens with one attached hydrogen (secondary N) is 2. The molecule has 2 amide bonds. The number of carbonyl (C=O) groups is 1. The summed E-state index contributed by atoms with van der Waals surface area (Å²) in [5.41, 5.74) is 3.95. The fourth-order valence-electron chi connectivity index (χ4n) is 3.60. The number of rotatable bonds is 5. The van der Waals surface area contributed by atoms with E-state index < -0.39 is 0 Å². The quantitative estimate of drug-likeness (QED) is 0.441. The van der Waals surface area contributed by atoms with E-state index in [0.717, 1.165) is 16.7 Å². The molecule has 1 heterocycles. The average Bonchev–Trinajstić information content (AvgIpc) is 2.78. The van der Waals surface area contributed by atoms with Crippen molar-refractivity contribution in [2.45, 2.75) is 20.4 Å². The fraction of sp³-hybridized carbons (Fsp3) is 0.160. The van der Waals surface area contributed by atoms with Crippen LogP contribution >= 0.6 is 11.6 Å². The van der Waals surface area contributed by atoms with Crippen LogP contribution in [0.4, 0.5) is 10.5 Å². The molecule has 0 atom stereocenters. The van der Waals surface area contributed by atoms with Crippen LogP contribution in [0.25, 0.3) is 22.0 Å². The number of hydrogen-bond acceptors (Lipinski definition) is 3. The Morgan fingerprint density at radius 3 is 2.53 bits per heavy atom. The first-order valence-electron chi connectivity index (χ1n) is 10.4. The summed E-state index contributed by atoms with van der Waals surface area (Å²) in [6.07, 6.45) is 0. The van der Waals surface area contributed by atoms with Gasteiger partial charge < -0.3 is 10.6 Å². The first kappa shape index (κ1) is 21.6. The number of carbonyl (C=O) groups excluding carboxylic acids is 1. The minimum atomic E-state index is -0.314. The molecule has 0 aliphatic rings. The molecule has 3 aromatic carbocycles. The van der Waals surface area contributed by atoms with Gasteiger partial charge in [0.2, 0.25) is 0 Å². The molecule has 1 aromatic heterocycles. The Morgan fingerprint density at radius 1 is 1.06 bits per heavy atom. The van der Waals surface area contributed by atoms with Gasteiger partial charge >= 0.3 is 6.03 Å². The van der Waals surface area contributed by atoms with Crippen LogP contribution in [0.5, 0.6) is 0 Å². The number of anilines is 1. The molecule has 0 bridgehead atoms. The third-order valence-electron chi connectivity index (χ3n) is 5.22. The smallest absolute Gasteiger partial charge is 0.319 e. The summed E-state index contributed by atoms with van der Waals surface area (Å²) >= 11 is 6.30. The number of hydrogen-bond donors (Lipinski definition) is 2. The summed E-state index contributed by atoms with van der Waals surface area (Å²) in [6.45, 7) is 4.57. The summed E-state index contributed by atoms with van der Waals surface area (Å²) in [4.78, 5) is 29.6. The molecule has 0 spiro atoms. The fourth-order valence-corrected chi connectivity index (χ4v) is 3.84. The van der Waals surface area contributed by atoms with Gasteiger partial charge in [0.15, 0.2) is 0 Å². The van der Waals surface area contributed by atoms with Crippen LogP contribution in [0.2, 0.25) is 5.02 Å². The molecule has 0 unspecified atom stereocenters. The number of urea groups is 1. The Balaban J connectivity index is 1.64. The molecule has 0 aliphatic heterocycles. The van der Waals surface area contributed by atoms with Crippen molar-refractivity contribution in [1.82, 2.24) is 14.9 Å². The van der Waals surface area contributed by atoms with Crippen molar-refractivity contribution in [3.05, 3.63) is 93.5 Å². The second-order valence-corrected chi connectivity index (χ2v) is 7.85. The Hall–Kier alpha value is -3.64. The minimum Gasteiger partial charge on any atom is -0.338 e. The molecule has 7 heteroatoms. The summed E-state index contributed by atoms with van der Waals surface area (Å²) < 4.78 is 1.64. The first-order valence-corrected chi connectivity index (χ1v) is 10.7. The number of benzene rings is 3. The molecule has 4 aromatic rings. The molecule has 6 nitrogen and oxygen atoms in total. The lowest BCUT2D eigenvalue weighted by atomic mass is 10.0. The zero-order valence-electron chi connectivity index (χ0n) is 17.9. The summed E-state index contributed by atoms with van der Waals surface area (Å²) in [5, 5.41) is 6.56. The zero-order chi connectivity index (χ0) is 22.7. The Kier molecular flexibility index (Phi) is 6.23. The van der Waals surface area contributed by atoms with Crippen LogP contribution in [-0.4, -0.2) is 22.1 Å². The van der Waals surface area contributed by atoms with Crippen molar-refractivity contribution in [2.75, 3.05) is 11.9 Å². The van der Waals surface area contributed by atoms with Gasteiger partial charge in [-0.05, 0) is 49.2 Å². The summed E-state index contributed by atoms with van der Waals surface area (Å²) in [6, 6.07) is 20.5. The molecule has 0 saturated heterocycles. The van der Waals surface area contributed by atoms with Gasteiger partial charge in [-0.15, -0.1) is 0 Å². The van der Waals surface area contributed by atoms with E-state index in [1.165, 1.54) is 0 Å². The maximum atomic E-state index is 13.2. The number of amides is 2. The highest BCUT2D eigenvalue weighted by Crippen LogP contribution is 2.27. The highest BCUT2D eigenvalue weighted by atomic mass is 35.5. The Labute approximate surface area is 190 Å². The summed E-state index contributed by atoms with van der Waals surface area (Å²) in [5.74, 6) is 0.627. The Bertz CT molecular complexity index is 1350. The maximum Gasteiger partial charge on any atom is 0.319 e. The standard InChI is InChI=1S/C25H23ClN4O2/c1-3-27-25(32)29-19-12-13-23-21(14-19)24(31)30(16(2)28-23)15-17-8-10-18(11-9-17)20-6-4-5-7-22(20)26/h4-14H,3,15H2,1-2H3,(H2,27,29,32). The van der Waals surface area contributed by atoms with Crippen molar-refractivity contribution in [3.63, 3.8) is 0 Å². The van der Waals surface area contributed by atoms with Crippen molar-refractivity contribution in [1.29, 1.82) is 0 Å². The van der Waals surface area contributed by atoms with Crippen LogP contribution in [0.15, 0.2) is 71.5 Å². The van der Waals surface area contributed by atoms with Gasteiger partial charge in [0.05, 0.1) is 17.4 Å². The number of aryl methyl sites for hydroxylation is 1. The largest absolute Gasteiger partial charge is 0.338 e. The molecule has 0 radical (unpaired) electrons. The van der Waals surface area contributed by atoms with Crippen molar-refractivity contribution < 1.29 is 4.79 Å². The van der Waals surface area contributed by atoms with E-state index in [1.807, 2.05) is 62.4 Å². The first-order chi connectivity index (χ1) is 15.5. The van der Waals surface area contributed by atoms with Gasteiger partial charge in [0.25, 0.3) is 5.56 Å². The highest BCUT2D eigenvalue weighted by molar-refractivity contribution is 6.33. The van der Waals surface area contributed by atoms with E-state index in [4.69, 9.17) is 11.6 Å². The molecule has 2 N–H and O–H groups in total. The van der Waals surface area contributed by atoms with E-state index in [0.29, 0.717) is 40.5 Å². The number of fused-ring (bicyclic) bond motifs is 1. The van der Waals surface area contributed by atoms with Gasteiger partial charge in [-0.2, -0.15) is 0 Å². The average molecular weight is 447 g/mol. The molecule has 162 valence electrons. The van der Waals surface area contributed by atoms with Crippen molar-refractivity contribution in [3.8, 4) is 11.1 Å². The number of halogens is 1. The van der Waals surface area contributed by atoms with Gasteiger partial charge in [-0.3, -0.25) is 9.36 Å². The van der Waals surface area contributed by atoms with E-state index in [-0.39, 0.29) is 11.6 Å². The topological polar surface area (TPSA) is 76.0 Å². The normalized spacial score (nSPS) is 10.8. The molecule has 0 saturated carbocycles. The van der Waals surface area contributed by atoms with Crippen LogP contribution in [-0.2, 0) is 6.54 Å². The second kappa shape index (κ2) is 9.24.